The van der Waals surface area contributed by atoms with Gasteiger partial charge < -0.3 is 10.0 Å². The predicted molar refractivity (Wildman–Crippen MR) is 58.9 cm³/mol. The van der Waals surface area contributed by atoms with Gasteiger partial charge in [0.1, 0.15) is 0 Å². The summed E-state index contributed by atoms with van der Waals surface area (Å²) in [5.74, 6) is 0.245. The average molecular weight is 191 g/mol. The third-order valence-corrected chi connectivity index (χ3v) is 3.08. The minimum absolute atomic E-state index is 0.225. The molecule has 1 aromatic rings. The number of hydrogen-bond donors (Lipinski definition) is 1. The summed E-state index contributed by atoms with van der Waals surface area (Å²) in [6.45, 7) is 3.39. The van der Waals surface area contributed by atoms with Crippen molar-refractivity contribution in [2.75, 3.05) is 25.1 Å². The van der Waals surface area contributed by atoms with Gasteiger partial charge >= 0.3 is 0 Å². The van der Waals surface area contributed by atoms with Crippen molar-refractivity contribution < 1.29 is 5.11 Å². The number of nitrogens with zero attached hydrogens (tertiary/aromatic N) is 1. The first kappa shape index (κ1) is 9.53. The Morgan fingerprint density at radius 3 is 3.00 bits per heavy atom. The van der Waals surface area contributed by atoms with Gasteiger partial charge in [-0.2, -0.15) is 0 Å². The van der Waals surface area contributed by atoms with Crippen molar-refractivity contribution in [1.82, 2.24) is 0 Å². The third kappa shape index (κ3) is 1.50. The lowest BCUT2D eigenvalue weighted by Crippen LogP contribution is -2.12. The van der Waals surface area contributed by atoms with Gasteiger partial charge in [0.2, 0.25) is 0 Å². The van der Waals surface area contributed by atoms with Crippen molar-refractivity contribution in [2.45, 2.75) is 19.3 Å². The van der Waals surface area contributed by atoms with E-state index < -0.39 is 0 Å². The van der Waals surface area contributed by atoms with Crippen molar-refractivity contribution in [3.63, 3.8) is 0 Å². The summed E-state index contributed by atoms with van der Waals surface area (Å²) in [5, 5.41) is 9.09. The molecule has 0 radical (unpaired) electrons. The quantitative estimate of drug-likeness (QED) is 0.770. The van der Waals surface area contributed by atoms with Gasteiger partial charge in [0, 0.05) is 31.8 Å². The molecule has 0 aromatic heterocycles. The van der Waals surface area contributed by atoms with Gasteiger partial charge in [-0.05, 0) is 23.6 Å². The van der Waals surface area contributed by atoms with Crippen LogP contribution >= 0.6 is 0 Å². The van der Waals surface area contributed by atoms with Crippen LogP contribution in [0, 0.1) is 0 Å². The Labute approximate surface area is 85.2 Å². The zero-order valence-corrected chi connectivity index (χ0v) is 8.83. The number of anilines is 1. The minimum Gasteiger partial charge on any atom is -0.396 e. The maximum absolute atomic E-state index is 9.09. The van der Waals surface area contributed by atoms with Gasteiger partial charge in [-0.25, -0.2) is 0 Å². The van der Waals surface area contributed by atoms with E-state index in [2.05, 4.69) is 37.1 Å². The number of aliphatic hydroxyl groups excluding tert-OH is 1. The van der Waals surface area contributed by atoms with Crippen LogP contribution in [0.4, 0.5) is 5.69 Å². The van der Waals surface area contributed by atoms with Crippen LogP contribution in [0.15, 0.2) is 18.2 Å². The largest absolute Gasteiger partial charge is 0.396 e. The van der Waals surface area contributed by atoms with E-state index in [1.165, 1.54) is 16.8 Å². The molecule has 2 nitrogen and oxygen atoms in total. The van der Waals surface area contributed by atoms with E-state index in [-0.39, 0.29) is 12.5 Å². The number of aliphatic hydroxyl groups is 1. The highest BCUT2D eigenvalue weighted by Crippen LogP contribution is 2.29. The molecule has 1 atom stereocenters. The first-order valence-corrected chi connectivity index (χ1v) is 5.17. The van der Waals surface area contributed by atoms with E-state index in [0.717, 1.165) is 13.0 Å². The lowest BCUT2D eigenvalue weighted by atomic mass is 9.99. The SMILES string of the molecule is CC(CO)c1ccc2c(c1)N(C)CC2. The first-order chi connectivity index (χ1) is 6.72. The van der Waals surface area contributed by atoms with Crippen LogP contribution < -0.4 is 4.90 Å². The van der Waals surface area contributed by atoms with Gasteiger partial charge in [0.15, 0.2) is 0 Å². The summed E-state index contributed by atoms with van der Waals surface area (Å²) < 4.78 is 0. The number of benzene rings is 1. The Kier molecular flexibility index (Phi) is 2.46. The topological polar surface area (TPSA) is 23.5 Å². The van der Waals surface area contributed by atoms with Gasteiger partial charge in [-0.3, -0.25) is 0 Å². The minimum atomic E-state index is 0.225. The molecule has 0 bridgehead atoms. The van der Waals surface area contributed by atoms with Crippen LogP contribution in [-0.4, -0.2) is 25.3 Å². The van der Waals surface area contributed by atoms with E-state index in [0.29, 0.717) is 0 Å². The molecule has 1 aromatic carbocycles. The summed E-state index contributed by atoms with van der Waals surface area (Å²) in [6.07, 6.45) is 1.15. The van der Waals surface area contributed by atoms with Crippen molar-refractivity contribution in [3.05, 3.63) is 29.3 Å². The fraction of sp³-hybridized carbons (Fsp3) is 0.500. The number of fused-ring (bicyclic) bond motifs is 1. The molecule has 1 unspecified atom stereocenters. The van der Waals surface area contributed by atoms with E-state index in [1.807, 2.05) is 0 Å². The standard InChI is InChI=1S/C12H17NO/c1-9(8-14)11-4-3-10-5-6-13(2)12(10)7-11/h3-4,7,9,14H,5-6,8H2,1-2H3. The summed E-state index contributed by atoms with van der Waals surface area (Å²) in [6, 6.07) is 6.54. The molecule has 0 fully saturated rings. The molecular formula is C12H17NO. The lowest BCUT2D eigenvalue weighted by molar-refractivity contribution is 0.273. The van der Waals surface area contributed by atoms with Crippen molar-refractivity contribution in [2.24, 2.45) is 0 Å². The van der Waals surface area contributed by atoms with Crippen LogP contribution in [0.2, 0.25) is 0 Å². The van der Waals surface area contributed by atoms with E-state index in [9.17, 15) is 0 Å². The molecule has 1 aliphatic heterocycles. The second-order valence-electron chi connectivity index (χ2n) is 4.14. The van der Waals surface area contributed by atoms with Crippen LogP contribution in [-0.2, 0) is 6.42 Å². The monoisotopic (exact) mass is 191 g/mol. The molecule has 1 heterocycles. The lowest BCUT2D eigenvalue weighted by Gasteiger charge is -2.15. The zero-order chi connectivity index (χ0) is 10.1. The Hall–Kier alpha value is -1.02. The van der Waals surface area contributed by atoms with Crippen LogP contribution in [0.25, 0.3) is 0 Å². The number of hydrogen-bond acceptors (Lipinski definition) is 2. The second-order valence-corrected chi connectivity index (χ2v) is 4.14. The Balaban J connectivity index is 2.34. The Bertz CT molecular complexity index is 335. The van der Waals surface area contributed by atoms with Crippen molar-refractivity contribution in [3.8, 4) is 0 Å². The highest BCUT2D eigenvalue weighted by molar-refractivity contribution is 5.59. The third-order valence-electron chi connectivity index (χ3n) is 3.08. The number of rotatable bonds is 2. The van der Waals surface area contributed by atoms with E-state index >= 15 is 0 Å². The van der Waals surface area contributed by atoms with Crippen molar-refractivity contribution in [1.29, 1.82) is 0 Å². The molecule has 2 rings (SSSR count). The van der Waals surface area contributed by atoms with Gasteiger partial charge in [0.25, 0.3) is 0 Å². The summed E-state index contributed by atoms with van der Waals surface area (Å²) in [5.41, 5.74) is 4.00. The predicted octanol–water partition coefficient (Wildman–Crippen LogP) is 1.77. The first-order valence-electron chi connectivity index (χ1n) is 5.17. The van der Waals surface area contributed by atoms with E-state index in [1.54, 1.807) is 0 Å². The molecule has 1 aliphatic rings. The second kappa shape index (κ2) is 3.62. The molecule has 1 N–H and O–H groups in total. The smallest absolute Gasteiger partial charge is 0.0497 e. The Morgan fingerprint density at radius 1 is 1.50 bits per heavy atom. The van der Waals surface area contributed by atoms with Crippen molar-refractivity contribution >= 4 is 5.69 Å². The normalized spacial score (nSPS) is 16.9. The fourth-order valence-electron chi connectivity index (χ4n) is 1.97. The summed E-state index contributed by atoms with van der Waals surface area (Å²) in [4.78, 5) is 2.28. The van der Waals surface area contributed by atoms with Crippen LogP contribution in [0.5, 0.6) is 0 Å². The molecule has 0 saturated heterocycles. The highest BCUT2D eigenvalue weighted by Gasteiger charge is 2.16. The zero-order valence-electron chi connectivity index (χ0n) is 8.83. The summed E-state index contributed by atoms with van der Waals surface area (Å²) in [7, 11) is 2.12. The van der Waals surface area contributed by atoms with Gasteiger partial charge in [0.05, 0.1) is 0 Å². The molecule has 0 saturated carbocycles. The molecule has 0 amide bonds. The van der Waals surface area contributed by atoms with E-state index in [4.69, 9.17) is 5.11 Å². The van der Waals surface area contributed by atoms with Crippen LogP contribution in [0.1, 0.15) is 24.0 Å². The molecule has 76 valence electrons. The van der Waals surface area contributed by atoms with Gasteiger partial charge in [-0.1, -0.05) is 19.1 Å². The molecule has 0 spiro atoms. The summed E-state index contributed by atoms with van der Waals surface area (Å²) >= 11 is 0. The molecular weight excluding hydrogens is 174 g/mol. The van der Waals surface area contributed by atoms with Crippen LogP contribution in [0.3, 0.4) is 0 Å². The average Bonchev–Trinajstić information content (AvgIpc) is 2.59. The maximum Gasteiger partial charge on any atom is 0.0497 e. The Morgan fingerprint density at radius 2 is 2.29 bits per heavy atom. The maximum atomic E-state index is 9.09. The molecule has 14 heavy (non-hydrogen) atoms. The fourth-order valence-corrected chi connectivity index (χ4v) is 1.97. The molecule has 2 heteroatoms. The highest BCUT2D eigenvalue weighted by atomic mass is 16.3. The van der Waals surface area contributed by atoms with Gasteiger partial charge in [-0.15, -0.1) is 0 Å². The number of likely N-dealkylation sites (N-methyl/N-ethyl adjacent to an activating group) is 1. The molecule has 0 aliphatic carbocycles.